The highest BCUT2D eigenvalue weighted by molar-refractivity contribution is 5.97. The third-order valence-corrected chi connectivity index (χ3v) is 5.57. The first-order chi connectivity index (χ1) is 14.2. The Kier molecular flexibility index (Phi) is 7.23. The van der Waals surface area contributed by atoms with Crippen molar-refractivity contribution in [3.63, 3.8) is 0 Å². The van der Waals surface area contributed by atoms with Crippen molar-refractivity contribution in [2.24, 2.45) is 0 Å². The molecular formula is C23H35N3O4. The molecule has 1 aromatic rings. The van der Waals surface area contributed by atoms with Crippen LogP contribution in [-0.2, 0) is 9.53 Å². The molecule has 2 heterocycles. The summed E-state index contributed by atoms with van der Waals surface area (Å²) in [5, 5.41) is 0. The van der Waals surface area contributed by atoms with E-state index in [1.165, 1.54) is 24.3 Å². The molecule has 2 amide bonds. The van der Waals surface area contributed by atoms with Gasteiger partial charge in [-0.05, 0) is 77.8 Å². The standard InChI is InChI=1S/C23H35N3O4/c1-18-7-5-12-24(18)13-6-16-29-20-10-8-19(9-11-20)26-15-14-25(17-21(26)27)22(28)30-23(2,3)4/h8-11,18H,5-7,12-17H2,1-4H3/t18-/m1/s1. The van der Waals surface area contributed by atoms with Crippen molar-refractivity contribution in [3.05, 3.63) is 24.3 Å². The second kappa shape index (κ2) is 9.69. The maximum Gasteiger partial charge on any atom is 0.410 e. The lowest BCUT2D eigenvalue weighted by Gasteiger charge is -2.35. The van der Waals surface area contributed by atoms with Gasteiger partial charge in [-0.1, -0.05) is 0 Å². The van der Waals surface area contributed by atoms with Crippen LogP contribution in [0.1, 0.15) is 47.0 Å². The maximum absolute atomic E-state index is 12.6. The van der Waals surface area contributed by atoms with Crippen LogP contribution in [0.3, 0.4) is 0 Å². The molecule has 2 aliphatic rings. The van der Waals surface area contributed by atoms with Crippen molar-refractivity contribution in [3.8, 4) is 5.75 Å². The zero-order valence-electron chi connectivity index (χ0n) is 18.7. The van der Waals surface area contributed by atoms with E-state index in [4.69, 9.17) is 9.47 Å². The highest BCUT2D eigenvalue weighted by Gasteiger charge is 2.30. The van der Waals surface area contributed by atoms with Crippen molar-refractivity contribution in [1.29, 1.82) is 0 Å². The number of amides is 2. The predicted molar refractivity (Wildman–Crippen MR) is 117 cm³/mol. The number of piperazine rings is 1. The minimum atomic E-state index is -0.570. The van der Waals surface area contributed by atoms with Crippen molar-refractivity contribution in [2.75, 3.05) is 44.2 Å². The van der Waals surface area contributed by atoms with Gasteiger partial charge in [-0.25, -0.2) is 4.79 Å². The number of anilines is 1. The Hall–Kier alpha value is -2.28. The Morgan fingerprint density at radius 2 is 1.87 bits per heavy atom. The summed E-state index contributed by atoms with van der Waals surface area (Å²) in [5.74, 6) is 0.702. The number of rotatable bonds is 6. The van der Waals surface area contributed by atoms with Crippen LogP contribution in [0.15, 0.2) is 24.3 Å². The van der Waals surface area contributed by atoms with Crippen LogP contribution in [-0.4, -0.2) is 72.8 Å². The third-order valence-electron chi connectivity index (χ3n) is 5.57. The fourth-order valence-corrected chi connectivity index (χ4v) is 3.93. The fraction of sp³-hybridized carbons (Fsp3) is 0.652. The molecule has 1 atom stereocenters. The molecule has 0 aliphatic carbocycles. The topological polar surface area (TPSA) is 62.3 Å². The van der Waals surface area contributed by atoms with Crippen molar-refractivity contribution in [2.45, 2.75) is 58.6 Å². The van der Waals surface area contributed by atoms with E-state index in [2.05, 4.69) is 11.8 Å². The van der Waals surface area contributed by atoms with Gasteiger partial charge >= 0.3 is 6.09 Å². The van der Waals surface area contributed by atoms with Gasteiger partial charge < -0.3 is 19.3 Å². The molecule has 3 rings (SSSR count). The number of carbonyl (C=O) groups is 2. The monoisotopic (exact) mass is 417 g/mol. The van der Waals surface area contributed by atoms with Gasteiger partial charge in [0.25, 0.3) is 0 Å². The summed E-state index contributed by atoms with van der Waals surface area (Å²) in [5.41, 5.74) is 0.252. The molecule has 0 radical (unpaired) electrons. The average Bonchev–Trinajstić information content (AvgIpc) is 3.09. The normalized spacial score (nSPS) is 20.5. The summed E-state index contributed by atoms with van der Waals surface area (Å²) < 4.78 is 11.2. The molecule has 0 N–H and O–H groups in total. The number of hydrogen-bond acceptors (Lipinski definition) is 5. The van der Waals surface area contributed by atoms with Crippen molar-refractivity contribution in [1.82, 2.24) is 9.80 Å². The zero-order valence-corrected chi connectivity index (χ0v) is 18.7. The number of likely N-dealkylation sites (tertiary alicyclic amines) is 1. The summed E-state index contributed by atoms with van der Waals surface area (Å²) >= 11 is 0. The molecule has 0 saturated carbocycles. The quantitative estimate of drug-likeness (QED) is 0.663. The zero-order chi connectivity index (χ0) is 21.7. The predicted octanol–water partition coefficient (Wildman–Crippen LogP) is 3.52. The molecule has 30 heavy (non-hydrogen) atoms. The van der Waals surface area contributed by atoms with Gasteiger partial charge in [0, 0.05) is 31.4 Å². The van der Waals surface area contributed by atoms with Crippen LogP contribution in [0.5, 0.6) is 5.75 Å². The maximum atomic E-state index is 12.6. The minimum absolute atomic E-state index is 0.0298. The fourth-order valence-electron chi connectivity index (χ4n) is 3.93. The number of carbonyl (C=O) groups excluding carboxylic acids is 2. The molecule has 1 aromatic carbocycles. The van der Waals surface area contributed by atoms with Crippen LogP contribution in [0.25, 0.3) is 0 Å². The summed E-state index contributed by atoms with van der Waals surface area (Å²) in [6.45, 7) is 11.7. The van der Waals surface area contributed by atoms with E-state index in [0.717, 1.165) is 24.4 Å². The van der Waals surface area contributed by atoms with Crippen LogP contribution >= 0.6 is 0 Å². The first kappa shape index (κ1) is 22.4. The number of benzene rings is 1. The van der Waals surface area contributed by atoms with Crippen LogP contribution < -0.4 is 9.64 Å². The van der Waals surface area contributed by atoms with Gasteiger partial charge in [-0.15, -0.1) is 0 Å². The second-order valence-corrected chi connectivity index (χ2v) is 9.17. The van der Waals surface area contributed by atoms with E-state index in [1.54, 1.807) is 4.90 Å². The molecule has 0 spiro atoms. The molecule has 7 heteroatoms. The Balaban J connectivity index is 1.44. The smallest absolute Gasteiger partial charge is 0.410 e. The summed E-state index contributed by atoms with van der Waals surface area (Å²) in [6, 6.07) is 8.30. The summed E-state index contributed by atoms with van der Waals surface area (Å²) in [6.07, 6.45) is 3.17. The number of hydrogen-bond donors (Lipinski definition) is 0. The van der Waals surface area contributed by atoms with E-state index in [1.807, 2.05) is 45.0 Å². The molecule has 2 saturated heterocycles. The largest absolute Gasteiger partial charge is 0.494 e. The van der Waals surface area contributed by atoms with Crippen LogP contribution in [0.2, 0.25) is 0 Å². The number of nitrogens with zero attached hydrogens (tertiary/aromatic N) is 3. The second-order valence-electron chi connectivity index (χ2n) is 9.17. The summed E-state index contributed by atoms with van der Waals surface area (Å²) in [7, 11) is 0. The van der Waals surface area contributed by atoms with Crippen molar-refractivity contribution < 1.29 is 19.1 Å². The van der Waals surface area contributed by atoms with Crippen molar-refractivity contribution >= 4 is 17.7 Å². The molecule has 166 valence electrons. The van der Waals surface area contributed by atoms with Crippen LogP contribution in [0, 0.1) is 0 Å². The Morgan fingerprint density at radius 1 is 1.13 bits per heavy atom. The van der Waals surface area contributed by atoms with E-state index < -0.39 is 11.7 Å². The lowest BCUT2D eigenvalue weighted by molar-refractivity contribution is -0.121. The highest BCUT2D eigenvalue weighted by Crippen LogP contribution is 2.22. The van der Waals surface area contributed by atoms with Crippen LogP contribution in [0.4, 0.5) is 10.5 Å². The van der Waals surface area contributed by atoms with E-state index in [0.29, 0.717) is 25.7 Å². The van der Waals surface area contributed by atoms with E-state index in [-0.39, 0.29) is 12.5 Å². The molecule has 0 bridgehead atoms. The lowest BCUT2D eigenvalue weighted by atomic mass is 10.2. The van der Waals surface area contributed by atoms with Gasteiger partial charge in [0.05, 0.1) is 6.61 Å². The van der Waals surface area contributed by atoms with Gasteiger partial charge in [0.1, 0.15) is 17.9 Å². The molecule has 2 fully saturated rings. The summed E-state index contributed by atoms with van der Waals surface area (Å²) in [4.78, 5) is 30.4. The van der Waals surface area contributed by atoms with Gasteiger partial charge in [-0.3, -0.25) is 9.69 Å². The minimum Gasteiger partial charge on any atom is -0.494 e. The molecule has 7 nitrogen and oxygen atoms in total. The number of ether oxygens (including phenoxy) is 2. The van der Waals surface area contributed by atoms with Gasteiger partial charge in [-0.2, -0.15) is 0 Å². The first-order valence-corrected chi connectivity index (χ1v) is 11.0. The molecule has 0 unspecified atom stereocenters. The Labute approximate surface area is 179 Å². The van der Waals surface area contributed by atoms with E-state index in [9.17, 15) is 9.59 Å². The highest BCUT2D eigenvalue weighted by atomic mass is 16.6. The Morgan fingerprint density at radius 3 is 2.47 bits per heavy atom. The molecule has 0 aromatic heterocycles. The van der Waals surface area contributed by atoms with Gasteiger partial charge in [0.2, 0.25) is 5.91 Å². The third kappa shape index (κ3) is 6.11. The average molecular weight is 418 g/mol. The first-order valence-electron chi connectivity index (χ1n) is 11.0. The molecular weight excluding hydrogens is 382 g/mol. The Bertz CT molecular complexity index is 729. The molecule has 2 aliphatic heterocycles. The lowest BCUT2D eigenvalue weighted by Crippen LogP contribution is -2.53. The van der Waals surface area contributed by atoms with E-state index >= 15 is 0 Å². The SMILES string of the molecule is C[C@@H]1CCCN1CCCOc1ccc(N2CCN(C(=O)OC(C)(C)C)CC2=O)cc1. The van der Waals surface area contributed by atoms with Gasteiger partial charge in [0.15, 0.2) is 0 Å².